The first-order chi connectivity index (χ1) is 31.6. The Labute approximate surface area is 370 Å². The molecule has 2 aromatic carbocycles. The van der Waals surface area contributed by atoms with Crippen LogP contribution < -0.4 is 33.2 Å². The van der Waals surface area contributed by atoms with Gasteiger partial charge >= 0.3 is 0 Å². The van der Waals surface area contributed by atoms with E-state index < -0.39 is 35.4 Å². The second kappa shape index (κ2) is 16.8. The van der Waals surface area contributed by atoms with Crippen LogP contribution in [-0.2, 0) is 0 Å². The number of rotatable bonds is 8. The van der Waals surface area contributed by atoms with Gasteiger partial charge in [-0.05, 0) is 111 Å². The Balaban J connectivity index is 0.000000166. The number of nitrogens with two attached hydrogens (primary N) is 2. The first-order valence-corrected chi connectivity index (χ1v) is 20.3. The van der Waals surface area contributed by atoms with Crippen LogP contribution in [-0.4, -0.2) is 48.7 Å². The van der Waals surface area contributed by atoms with Gasteiger partial charge in [-0.2, -0.15) is 19.9 Å². The highest BCUT2D eigenvalue weighted by molar-refractivity contribution is 5.85. The van der Waals surface area contributed by atoms with E-state index in [0.29, 0.717) is 67.5 Å². The van der Waals surface area contributed by atoms with E-state index in [1.54, 1.807) is 38.1 Å². The number of hydrogen-bond acceptors (Lipinski definition) is 12. The molecule has 0 aliphatic heterocycles. The third kappa shape index (κ3) is 7.95. The zero-order valence-electron chi connectivity index (χ0n) is 35.5. The quantitative estimate of drug-likeness (QED) is 0.0799. The second-order valence-corrected chi connectivity index (χ2v) is 15.5. The van der Waals surface area contributed by atoms with Crippen molar-refractivity contribution in [3.63, 3.8) is 0 Å². The summed E-state index contributed by atoms with van der Waals surface area (Å²) >= 11 is 0. The number of imidazole rings is 2. The molecular weight excluding hydrogens is 857 g/mol. The number of halogens is 4. The van der Waals surface area contributed by atoms with Gasteiger partial charge in [-0.15, -0.1) is 0 Å². The fraction of sp³-hybridized carbons (Fsp3) is 0.130. The summed E-state index contributed by atoms with van der Waals surface area (Å²) in [5.74, 6) is -2.23. The normalized spacial score (nSPS) is 12.4. The number of H-pyrrole nitrogens is 2. The smallest absolute Gasteiger partial charge is 0.263 e. The number of pyridine rings is 4. The predicted octanol–water partition coefficient (Wildman–Crippen LogP) is 7.95. The summed E-state index contributed by atoms with van der Waals surface area (Å²) in [7, 11) is 0. The Hall–Kier alpha value is -8.68. The summed E-state index contributed by atoms with van der Waals surface area (Å²) in [6.07, 6.45) is 2.95. The topological polar surface area (TPSA) is 228 Å². The van der Waals surface area contributed by atoms with Gasteiger partial charge in [-0.3, -0.25) is 18.4 Å². The molecule has 0 amide bonds. The van der Waals surface area contributed by atoms with Gasteiger partial charge in [0.2, 0.25) is 11.9 Å². The molecule has 0 saturated heterocycles. The number of aromatic nitrogens is 10. The molecule has 0 aliphatic carbocycles. The van der Waals surface area contributed by atoms with E-state index in [2.05, 4.69) is 50.5 Å². The molecule has 0 saturated carbocycles. The third-order valence-electron chi connectivity index (χ3n) is 11.0. The molecule has 332 valence electrons. The molecule has 0 aliphatic rings. The summed E-state index contributed by atoms with van der Waals surface area (Å²) < 4.78 is 59.4. The summed E-state index contributed by atoms with van der Waals surface area (Å²) in [5.41, 5.74) is 17.2. The lowest BCUT2D eigenvalue weighted by molar-refractivity contribution is 0.583. The van der Waals surface area contributed by atoms with E-state index in [9.17, 15) is 27.2 Å². The number of aryl methyl sites for hydroxylation is 2. The SMILES string of the molecule is Cc1cccc2cc([C@@H](C)Nc3nc(N)nc4nc[nH]c34)c(-c3cc(F)cc(F)c3)c(=O)n12.Cc1cccc2cc([C@H](C)Nc3nc(N)nc4nc[nH]c34)c(-c3cc(F)cc(F)c3)c(=O)n12. The van der Waals surface area contributed by atoms with Crippen LogP contribution in [0.4, 0.5) is 41.1 Å². The maximum atomic E-state index is 14.1. The summed E-state index contributed by atoms with van der Waals surface area (Å²) in [6.45, 7) is 7.23. The lowest BCUT2D eigenvalue weighted by Crippen LogP contribution is -2.22. The van der Waals surface area contributed by atoms with Crippen molar-refractivity contribution in [3.05, 3.63) is 164 Å². The maximum absolute atomic E-state index is 14.1. The zero-order chi connectivity index (χ0) is 46.6. The van der Waals surface area contributed by atoms with Crippen LogP contribution in [0.15, 0.2) is 107 Å². The number of hydrogen-bond donors (Lipinski definition) is 6. The number of fused-ring (bicyclic) bond motifs is 4. The Morgan fingerprint density at radius 3 is 1.32 bits per heavy atom. The van der Waals surface area contributed by atoms with Crippen molar-refractivity contribution in [2.75, 3.05) is 22.1 Å². The summed E-state index contributed by atoms with van der Waals surface area (Å²) in [5, 5.41) is 6.47. The summed E-state index contributed by atoms with van der Waals surface area (Å²) in [6, 6.07) is 19.7. The second-order valence-electron chi connectivity index (χ2n) is 15.5. The fourth-order valence-corrected chi connectivity index (χ4v) is 8.13. The molecule has 10 aromatic rings. The van der Waals surface area contributed by atoms with Crippen LogP contribution in [0.2, 0.25) is 0 Å². The van der Waals surface area contributed by atoms with Crippen molar-refractivity contribution in [2.24, 2.45) is 0 Å². The first kappa shape index (κ1) is 42.6. The molecule has 0 fully saturated rings. The highest BCUT2D eigenvalue weighted by Crippen LogP contribution is 2.33. The molecule has 8 N–H and O–H groups in total. The van der Waals surface area contributed by atoms with E-state index >= 15 is 0 Å². The van der Waals surface area contributed by atoms with Crippen molar-refractivity contribution >= 4 is 56.9 Å². The van der Waals surface area contributed by atoms with Crippen LogP contribution in [0, 0.1) is 37.1 Å². The highest BCUT2D eigenvalue weighted by Gasteiger charge is 2.24. The minimum Gasteiger partial charge on any atom is -0.368 e. The van der Waals surface area contributed by atoms with Gasteiger partial charge in [0.1, 0.15) is 34.3 Å². The molecule has 0 spiro atoms. The van der Waals surface area contributed by atoms with Crippen LogP contribution in [0.25, 0.3) is 55.6 Å². The molecule has 0 bridgehead atoms. The van der Waals surface area contributed by atoms with Gasteiger partial charge in [-0.1, -0.05) is 12.1 Å². The molecule has 2 atom stereocenters. The maximum Gasteiger partial charge on any atom is 0.263 e. The molecule has 10 rings (SSSR count). The minimum atomic E-state index is -0.770. The monoisotopic (exact) mass is 894 g/mol. The Morgan fingerprint density at radius 2 is 0.939 bits per heavy atom. The Morgan fingerprint density at radius 1 is 0.561 bits per heavy atom. The van der Waals surface area contributed by atoms with E-state index in [0.717, 1.165) is 36.4 Å². The molecule has 20 heteroatoms. The number of benzene rings is 2. The minimum absolute atomic E-state index is 0.0333. The van der Waals surface area contributed by atoms with Crippen molar-refractivity contribution in [1.29, 1.82) is 0 Å². The Bertz CT molecular complexity index is 3380. The molecule has 0 radical (unpaired) electrons. The van der Waals surface area contributed by atoms with Gasteiger partial charge < -0.3 is 32.1 Å². The van der Waals surface area contributed by atoms with E-state index in [-0.39, 0.29) is 45.3 Å². The van der Waals surface area contributed by atoms with Crippen molar-refractivity contribution < 1.29 is 17.6 Å². The number of anilines is 4. The van der Waals surface area contributed by atoms with Crippen molar-refractivity contribution in [2.45, 2.75) is 39.8 Å². The van der Waals surface area contributed by atoms with Crippen LogP contribution in [0.1, 0.15) is 48.4 Å². The molecule has 0 unspecified atom stereocenters. The highest BCUT2D eigenvalue weighted by atomic mass is 19.1. The predicted molar refractivity (Wildman–Crippen MR) is 244 cm³/mol. The van der Waals surface area contributed by atoms with E-state index in [1.165, 1.54) is 21.5 Å². The molecule has 8 heterocycles. The number of nitrogens with one attached hydrogen (secondary N) is 4. The van der Waals surface area contributed by atoms with Crippen molar-refractivity contribution in [3.8, 4) is 22.3 Å². The van der Waals surface area contributed by atoms with E-state index in [1.807, 2.05) is 38.1 Å². The number of nitrogen functional groups attached to an aromatic ring is 2. The number of aromatic amines is 2. The van der Waals surface area contributed by atoms with Gasteiger partial charge in [-0.25, -0.2) is 27.5 Å². The lowest BCUT2D eigenvalue weighted by atomic mass is 9.96. The van der Waals surface area contributed by atoms with Gasteiger partial charge in [0.05, 0.1) is 35.9 Å². The zero-order valence-corrected chi connectivity index (χ0v) is 35.5. The van der Waals surface area contributed by atoms with Crippen LogP contribution in [0.3, 0.4) is 0 Å². The average molecular weight is 895 g/mol. The van der Waals surface area contributed by atoms with Gasteiger partial charge in [0.15, 0.2) is 22.9 Å². The van der Waals surface area contributed by atoms with Gasteiger partial charge in [0, 0.05) is 34.6 Å². The first-order valence-electron chi connectivity index (χ1n) is 20.3. The average Bonchev–Trinajstić information content (AvgIpc) is 3.93. The van der Waals surface area contributed by atoms with Crippen molar-refractivity contribution in [1.82, 2.24) is 48.7 Å². The molecule has 16 nitrogen and oxygen atoms in total. The molecule has 8 aromatic heterocycles. The molecular formula is C46H38F4N14O2. The van der Waals surface area contributed by atoms with Crippen LogP contribution >= 0.6 is 0 Å². The lowest BCUT2D eigenvalue weighted by Gasteiger charge is -2.20. The largest absolute Gasteiger partial charge is 0.368 e. The third-order valence-corrected chi connectivity index (χ3v) is 11.0. The fourth-order valence-electron chi connectivity index (χ4n) is 8.13. The summed E-state index contributed by atoms with van der Waals surface area (Å²) in [4.78, 5) is 58.0. The van der Waals surface area contributed by atoms with E-state index in [4.69, 9.17) is 11.5 Å². The Kier molecular flexibility index (Phi) is 10.8. The van der Waals surface area contributed by atoms with Gasteiger partial charge in [0.25, 0.3) is 11.1 Å². The number of nitrogens with zero attached hydrogens (tertiary/aromatic N) is 8. The standard InChI is InChI=1S/2C23H19F2N7O/c2*1-11-4-3-5-16-9-17(12(2)29-21-19-20(28-10-27-19)30-23(26)31-21)18(22(33)32(11)16)13-6-14(24)8-15(25)7-13/h2*3-10,12H,1-2H3,(H4,26,27,28,29,30,31)/t2*12-/m10/s1. The molecule has 66 heavy (non-hydrogen) atoms. The van der Waals surface area contributed by atoms with Crippen LogP contribution in [0.5, 0.6) is 0 Å².